The van der Waals surface area contributed by atoms with Gasteiger partial charge in [0.1, 0.15) is 11.2 Å². The van der Waals surface area contributed by atoms with Crippen molar-refractivity contribution in [2.24, 2.45) is 11.3 Å². The van der Waals surface area contributed by atoms with Gasteiger partial charge in [0.15, 0.2) is 6.10 Å². The van der Waals surface area contributed by atoms with E-state index in [0.717, 1.165) is 34.5 Å². The van der Waals surface area contributed by atoms with Crippen LogP contribution >= 0.6 is 0 Å². The number of aromatic nitrogens is 1. The third-order valence-electron chi connectivity index (χ3n) is 15.3. The summed E-state index contributed by atoms with van der Waals surface area (Å²) in [5.41, 5.74) is -0.758. The molecule has 330 valence electrons. The molecule has 8 rings (SSSR count). The van der Waals surface area contributed by atoms with Crippen LogP contribution in [0.15, 0.2) is 42.5 Å². The molecule has 4 aliphatic heterocycles. The maximum Gasteiger partial charge on any atom is 0.344 e. The van der Waals surface area contributed by atoms with E-state index in [9.17, 15) is 14.7 Å². The second-order valence-electron chi connectivity index (χ2n) is 18.2. The predicted molar refractivity (Wildman–Crippen MR) is 226 cm³/mol. The summed E-state index contributed by atoms with van der Waals surface area (Å²) in [5, 5.41) is 14.2. The molecule has 2 fully saturated rings. The molecule has 8 atom stereocenters. The van der Waals surface area contributed by atoms with E-state index in [0.29, 0.717) is 61.7 Å². The smallest absolute Gasteiger partial charge is 0.344 e. The number of rotatable bonds is 8. The number of aromatic amines is 1. The summed E-state index contributed by atoms with van der Waals surface area (Å²) in [5.74, 6) is -5.71. The molecule has 5 heterocycles. The summed E-state index contributed by atoms with van der Waals surface area (Å²) in [6.07, 6.45) is 4.19. The Morgan fingerprint density at radius 2 is 1.75 bits per heavy atom. The molecule has 5 aliphatic rings. The van der Waals surface area contributed by atoms with Crippen LogP contribution in [0.25, 0.3) is 10.9 Å². The van der Waals surface area contributed by atoms with Crippen LogP contribution in [0.4, 0.5) is 14.5 Å². The molecule has 14 heteroatoms. The van der Waals surface area contributed by atoms with E-state index in [1.807, 2.05) is 74.0 Å². The zero-order valence-electron chi connectivity index (χ0n) is 36.8. The number of alkyl halides is 2. The zero-order valence-corrected chi connectivity index (χ0v) is 36.8. The highest BCUT2D eigenvalue weighted by Gasteiger charge is 2.80. The van der Waals surface area contributed by atoms with Crippen molar-refractivity contribution < 1.29 is 47.2 Å². The number of H-pyrrole nitrogens is 1. The van der Waals surface area contributed by atoms with Gasteiger partial charge < -0.3 is 33.9 Å². The van der Waals surface area contributed by atoms with Crippen LogP contribution in [-0.4, -0.2) is 122 Å². The minimum Gasteiger partial charge on any atom is -0.496 e. The summed E-state index contributed by atoms with van der Waals surface area (Å²) >= 11 is 0. The molecule has 0 amide bonds. The minimum atomic E-state index is -2.97. The lowest BCUT2D eigenvalue weighted by atomic mass is 9.47. The lowest BCUT2D eigenvalue weighted by molar-refractivity contribution is -0.228. The van der Waals surface area contributed by atoms with Gasteiger partial charge >= 0.3 is 17.9 Å². The van der Waals surface area contributed by atoms with Gasteiger partial charge in [0, 0.05) is 90.3 Å². The summed E-state index contributed by atoms with van der Waals surface area (Å²) < 4.78 is 54.7. The molecule has 12 nitrogen and oxygen atoms in total. The first kappa shape index (κ1) is 43.1. The Kier molecular flexibility index (Phi) is 10.7. The van der Waals surface area contributed by atoms with Crippen LogP contribution in [0.1, 0.15) is 87.7 Å². The van der Waals surface area contributed by atoms with Crippen molar-refractivity contribution in [1.29, 1.82) is 0 Å². The third kappa shape index (κ3) is 5.93. The molecule has 1 saturated heterocycles. The Hall–Kier alpha value is -4.53. The molecular weight excluding hydrogens is 787 g/mol. The highest BCUT2D eigenvalue weighted by Crippen LogP contribution is 2.68. The number of halogens is 2. The third-order valence-corrected chi connectivity index (χ3v) is 15.3. The van der Waals surface area contributed by atoms with Gasteiger partial charge in [-0.2, -0.15) is 0 Å². The number of esters is 3. The Morgan fingerprint density at radius 1 is 1.02 bits per heavy atom. The fraction of sp³-hybridized carbons (Fsp3) is 0.596. The Balaban J connectivity index is 1.46. The van der Waals surface area contributed by atoms with Crippen molar-refractivity contribution in [3.8, 4) is 5.75 Å². The molecule has 3 aromatic rings. The van der Waals surface area contributed by atoms with E-state index >= 15 is 13.6 Å². The van der Waals surface area contributed by atoms with Crippen LogP contribution in [0.2, 0.25) is 0 Å². The molecule has 1 spiro atoms. The Bertz CT molecular complexity index is 2290. The molecule has 61 heavy (non-hydrogen) atoms. The van der Waals surface area contributed by atoms with Crippen LogP contribution in [0, 0.1) is 18.3 Å². The number of methoxy groups -OCH3 is 3. The molecule has 2 N–H and O–H groups in total. The average Bonchev–Trinajstić information content (AvgIpc) is 3.88. The molecule has 2 aromatic carbocycles. The first-order valence-corrected chi connectivity index (χ1v) is 21.6. The van der Waals surface area contributed by atoms with Gasteiger partial charge in [0.2, 0.25) is 11.5 Å². The highest BCUT2D eigenvalue weighted by atomic mass is 19.3. The van der Waals surface area contributed by atoms with Crippen molar-refractivity contribution in [3.05, 3.63) is 70.4 Å². The molecule has 1 aromatic heterocycles. The first-order chi connectivity index (χ1) is 28.9. The number of carbonyl (C=O) groups excluding carboxylic acids is 3. The van der Waals surface area contributed by atoms with Gasteiger partial charge in [-0.15, -0.1) is 0 Å². The summed E-state index contributed by atoms with van der Waals surface area (Å²) in [6.45, 7) is 10.4. The fourth-order valence-corrected chi connectivity index (χ4v) is 12.8. The van der Waals surface area contributed by atoms with E-state index in [4.69, 9.17) is 18.9 Å². The Morgan fingerprint density at radius 3 is 2.39 bits per heavy atom. The van der Waals surface area contributed by atoms with Crippen molar-refractivity contribution >= 4 is 34.5 Å². The number of anilines is 1. The van der Waals surface area contributed by atoms with Gasteiger partial charge in [0.25, 0.3) is 0 Å². The maximum absolute atomic E-state index is 15.5. The number of carbonyl (C=O) groups is 3. The normalized spacial score (nSPS) is 32.4. The average molecular weight is 847 g/mol. The lowest BCUT2D eigenvalue weighted by Crippen LogP contribution is -2.81. The number of fused-ring (bicyclic) bond motifs is 4. The van der Waals surface area contributed by atoms with Gasteiger partial charge in [-0.3, -0.25) is 19.4 Å². The standard InChI is InChI=1S/C47H60F2N4O8/c1-10-44-17-13-20-53-21-19-46(38(44)53)32-23-33(36(58-7)24-35(32)51(6)39(46)47(57,42(56)60-9)40(44)61-28(4)54)45(41(55)59-8)18-12-14-29(43(5,48)49)25-52(11-2)26-31-30-22-27(3)15-16-34(30)50-37(31)45/h13,15-17,22-24,29,38-40,50,57H,10-12,14,18-21,25-26H2,1-9H3/t29?,38-,39+,40+,44?,45-,46+,47-/m0/s1. The first-order valence-electron chi connectivity index (χ1n) is 21.6. The van der Waals surface area contributed by atoms with Crippen LogP contribution in [0.5, 0.6) is 5.75 Å². The summed E-state index contributed by atoms with van der Waals surface area (Å²) in [7, 11) is 5.93. The number of nitrogens with one attached hydrogen (secondary N) is 1. The van der Waals surface area contributed by atoms with Gasteiger partial charge in [-0.25, -0.2) is 13.6 Å². The summed E-state index contributed by atoms with van der Waals surface area (Å²) in [4.78, 5) is 52.6. The van der Waals surface area contributed by atoms with Gasteiger partial charge in [-0.05, 0) is 81.9 Å². The minimum absolute atomic E-state index is 0.121. The molecular formula is C47H60F2N4O8. The number of benzene rings is 2. The fourth-order valence-electron chi connectivity index (χ4n) is 12.8. The van der Waals surface area contributed by atoms with E-state index in [1.165, 1.54) is 28.3 Å². The van der Waals surface area contributed by atoms with Crippen molar-refractivity contribution in [2.45, 2.75) is 114 Å². The molecule has 0 radical (unpaired) electrons. The van der Waals surface area contributed by atoms with Gasteiger partial charge in [0.05, 0.1) is 27.4 Å². The largest absolute Gasteiger partial charge is 0.496 e. The van der Waals surface area contributed by atoms with Crippen molar-refractivity contribution in [1.82, 2.24) is 14.8 Å². The number of likely N-dealkylation sites (N-methyl/N-ethyl adjacent to an activating group) is 1. The van der Waals surface area contributed by atoms with Crippen LogP contribution < -0.4 is 9.64 Å². The molecule has 1 aliphatic carbocycles. The molecule has 0 bridgehead atoms. The quantitative estimate of drug-likeness (QED) is 0.153. The number of aliphatic hydroxyl groups is 1. The number of hydrogen-bond acceptors (Lipinski definition) is 11. The zero-order chi connectivity index (χ0) is 44.0. The number of ether oxygens (including phenoxy) is 4. The topological polar surface area (TPSA) is 134 Å². The van der Waals surface area contributed by atoms with Crippen molar-refractivity contribution in [3.63, 3.8) is 0 Å². The predicted octanol–water partition coefficient (Wildman–Crippen LogP) is 6.17. The van der Waals surface area contributed by atoms with Crippen LogP contribution in [0.3, 0.4) is 0 Å². The van der Waals surface area contributed by atoms with E-state index in [2.05, 4.69) is 16.0 Å². The van der Waals surface area contributed by atoms with E-state index in [-0.39, 0.29) is 31.8 Å². The van der Waals surface area contributed by atoms with E-state index in [1.54, 1.807) is 0 Å². The molecule has 1 saturated carbocycles. The highest BCUT2D eigenvalue weighted by molar-refractivity contribution is 5.95. The lowest BCUT2D eigenvalue weighted by Gasteiger charge is -2.63. The Labute approximate surface area is 356 Å². The monoisotopic (exact) mass is 846 g/mol. The number of hydrogen-bond donors (Lipinski definition) is 2. The SMILES string of the molecule is CCN1Cc2c([nH]c3ccc(C)cc23)[C@@](C(=O)OC)(c2cc3c(cc2OC)N(C)[C@H]2[C@@](O)(C(=O)OC)[C@H](OC(C)=O)C4(CC)C=CCN5CC[C@]32[C@@H]54)CCCC(C(C)(F)F)C1. The van der Waals surface area contributed by atoms with Crippen molar-refractivity contribution in [2.75, 3.05) is 59.5 Å². The van der Waals surface area contributed by atoms with Crippen LogP contribution in [-0.2, 0) is 46.0 Å². The maximum atomic E-state index is 15.5. The second-order valence-corrected chi connectivity index (χ2v) is 18.2. The van der Waals surface area contributed by atoms with Gasteiger partial charge in [-0.1, -0.05) is 44.1 Å². The van der Waals surface area contributed by atoms with E-state index < -0.39 is 63.7 Å². The second kappa shape index (κ2) is 15.1. The number of aryl methyl sites for hydroxylation is 1. The molecule has 2 unspecified atom stereocenters. The number of nitrogens with zero attached hydrogens (tertiary/aromatic N) is 3. The summed E-state index contributed by atoms with van der Waals surface area (Å²) in [6, 6.07) is 8.57.